The summed E-state index contributed by atoms with van der Waals surface area (Å²) in [6.45, 7) is 1.35. The number of hydrogen-bond donors (Lipinski definition) is 0. The van der Waals surface area contributed by atoms with Gasteiger partial charge >= 0.3 is 6.18 Å². The number of alkyl halides is 3. The van der Waals surface area contributed by atoms with Crippen molar-refractivity contribution in [1.29, 1.82) is 0 Å². The van der Waals surface area contributed by atoms with Gasteiger partial charge < -0.3 is 9.47 Å². The zero-order valence-electron chi connectivity index (χ0n) is 14.2. The second kappa shape index (κ2) is 7.69. The molecule has 26 heavy (non-hydrogen) atoms. The van der Waals surface area contributed by atoms with Crippen LogP contribution in [0.3, 0.4) is 0 Å². The summed E-state index contributed by atoms with van der Waals surface area (Å²) >= 11 is 1.01. The Morgan fingerprint density at radius 3 is 2.35 bits per heavy atom. The van der Waals surface area contributed by atoms with Gasteiger partial charge in [-0.05, 0) is 24.8 Å². The summed E-state index contributed by atoms with van der Waals surface area (Å²) in [5.41, 5.74) is 0.740. The van der Waals surface area contributed by atoms with Crippen LogP contribution in [0.1, 0.15) is 35.9 Å². The molecule has 2 heterocycles. The molecule has 1 saturated heterocycles. The van der Waals surface area contributed by atoms with E-state index in [0.717, 1.165) is 41.2 Å². The van der Waals surface area contributed by atoms with Crippen molar-refractivity contribution in [2.45, 2.75) is 35.8 Å². The number of rotatable bonds is 4. The number of likely N-dealkylation sites (tertiary alicyclic amines) is 1. The molecule has 1 atom stereocenters. The Bertz CT molecular complexity index is 757. The van der Waals surface area contributed by atoms with Crippen LogP contribution in [0.25, 0.3) is 0 Å². The number of benzene rings is 1. The van der Waals surface area contributed by atoms with Crippen molar-refractivity contribution >= 4 is 17.7 Å². The molecular weight excluding hydrogens is 365 g/mol. The van der Waals surface area contributed by atoms with Gasteiger partial charge in [-0.1, -0.05) is 42.1 Å². The van der Waals surface area contributed by atoms with Gasteiger partial charge in [0.05, 0.1) is 0 Å². The molecule has 1 aliphatic heterocycles. The van der Waals surface area contributed by atoms with Gasteiger partial charge in [0, 0.05) is 20.1 Å². The topological polar surface area (TPSA) is 51.0 Å². The summed E-state index contributed by atoms with van der Waals surface area (Å²) in [5, 5.41) is 6.32. The van der Waals surface area contributed by atoms with Crippen molar-refractivity contribution in [2.24, 2.45) is 7.05 Å². The van der Waals surface area contributed by atoms with Crippen LogP contribution < -0.4 is 0 Å². The van der Waals surface area contributed by atoms with Crippen LogP contribution in [-0.4, -0.2) is 38.7 Å². The van der Waals surface area contributed by atoms with E-state index in [1.807, 2.05) is 18.2 Å². The Morgan fingerprint density at radius 1 is 1.12 bits per heavy atom. The summed E-state index contributed by atoms with van der Waals surface area (Å²) < 4.78 is 39.8. The molecule has 5 nitrogen and oxygen atoms in total. The molecule has 0 unspecified atom stereocenters. The van der Waals surface area contributed by atoms with Crippen molar-refractivity contribution < 1.29 is 18.0 Å². The first-order valence-corrected chi connectivity index (χ1v) is 9.23. The zero-order chi connectivity index (χ0) is 18.7. The van der Waals surface area contributed by atoms with Gasteiger partial charge in [-0.25, -0.2) is 0 Å². The maximum absolute atomic E-state index is 13.0. The van der Waals surface area contributed by atoms with Gasteiger partial charge in [0.15, 0.2) is 5.16 Å². The molecule has 0 bridgehead atoms. The first-order chi connectivity index (χ1) is 12.4. The largest absolute Gasteiger partial charge is 0.451 e. The lowest BCUT2D eigenvalue weighted by molar-refractivity contribution is -0.147. The normalized spacial score (nSPS) is 16.5. The number of aromatic nitrogens is 3. The van der Waals surface area contributed by atoms with Crippen molar-refractivity contribution in [3.63, 3.8) is 0 Å². The lowest BCUT2D eigenvalue weighted by Gasteiger charge is -2.30. The second-order valence-corrected chi connectivity index (χ2v) is 7.23. The molecule has 0 saturated carbocycles. The van der Waals surface area contributed by atoms with Crippen molar-refractivity contribution in [3.05, 3.63) is 41.7 Å². The van der Waals surface area contributed by atoms with Crippen molar-refractivity contribution in [2.75, 3.05) is 13.1 Å². The van der Waals surface area contributed by atoms with Gasteiger partial charge in [-0.15, -0.1) is 10.2 Å². The molecule has 1 amide bonds. The molecule has 2 aromatic rings. The van der Waals surface area contributed by atoms with Gasteiger partial charge in [-0.3, -0.25) is 4.79 Å². The van der Waals surface area contributed by atoms with E-state index in [2.05, 4.69) is 10.2 Å². The number of hydrogen-bond acceptors (Lipinski definition) is 4. The lowest BCUT2D eigenvalue weighted by atomic mass is 10.1. The SMILES string of the molecule is Cn1c(S[C@H](C(=O)N2CCCCC2)c2ccccc2)nnc1C(F)(F)F. The van der Waals surface area contributed by atoms with E-state index in [4.69, 9.17) is 0 Å². The summed E-state index contributed by atoms with van der Waals surface area (Å²) in [5.74, 6) is -1.17. The van der Waals surface area contributed by atoms with Crippen molar-refractivity contribution in [1.82, 2.24) is 19.7 Å². The third-order valence-electron chi connectivity index (χ3n) is 4.31. The third kappa shape index (κ3) is 4.03. The Balaban J connectivity index is 1.89. The minimum atomic E-state index is -4.58. The number of halogens is 3. The molecule has 3 rings (SSSR count). The second-order valence-electron chi connectivity index (χ2n) is 6.16. The summed E-state index contributed by atoms with van der Waals surface area (Å²) in [6.07, 6.45) is -1.61. The third-order valence-corrected chi connectivity index (χ3v) is 5.58. The van der Waals surface area contributed by atoms with E-state index in [9.17, 15) is 18.0 Å². The predicted octanol–water partition coefficient (Wildman–Crippen LogP) is 3.68. The average molecular weight is 384 g/mol. The highest BCUT2D eigenvalue weighted by molar-refractivity contribution is 8.00. The molecule has 1 fully saturated rings. The predicted molar refractivity (Wildman–Crippen MR) is 91.5 cm³/mol. The molecule has 140 valence electrons. The van der Waals surface area contributed by atoms with Crippen LogP contribution in [0.2, 0.25) is 0 Å². The van der Waals surface area contributed by atoms with E-state index < -0.39 is 17.3 Å². The summed E-state index contributed by atoms with van der Waals surface area (Å²) in [6, 6.07) is 9.07. The molecule has 1 aromatic carbocycles. The van der Waals surface area contributed by atoms with Crippen LogP contribution in [0, 0.1) is 0 Å². The highest BCUT2D eigenvalue weighted by atomic mass is 32.2. The van der Waals surface area contributed by atoms with Crippen LogP contribution in [0.5, 0.6) is 0 Å². The number of carbonyl (C=O) groups is 1. The minimum absolute atomic E-state index is 0.0662. The Hall–Kier alpha value is -2.03. The maximum Gasteiger partial charge on any atom is 0.451 e. The monoisotopic (exact) mass is 384 g/mol. The van der Waals surface area contributed by atoms with Crippen LogP contribution in [0.4, 0.5) is 13.2 Å². The van der Waals surface area contributed by atoms with Gasteiger partial charge in [0.25, 0.3) is 0 Å². The fraction of sp³-hybridized carbons (Fsp3) is 0.471. The first-order valence-electron chi connectivity index (χ1n) is 8.35. The van der Waals surface area contributed by atoms with E-state index in [1.54, 1.807) is 17.0 Å². The lowest BCUT2D eigenvalue weighted by Crippen LogP contribution is -2.38. The highest BCUT2D eigenvalue weighted by Crippen LogP contribution is 2.38. The summed E-state index contributed by atoms with van der Waals surface area (Å²) in [7, 11) is 1.26. The van der Waals surface area contributed by atoms with Crippen LogP contribution >= 0.6 is 11.8 Å². The van der Waals surface area contributed by atoms with Gasteiger partial charge in [0.2, 0.25) is 11.7 Å². The number of nitrogens with zero attached hydrogens (tertiary/aromatic N) is 4. The molecule has 0 spiro atoms. The number of piperidine rings is 1. The molecule has 9 heteroatoms. The van der Waals surface area contributed by atoms with Gasteiger partial charge in [0.1, 0.15) is 5.25 Å². The van der Waals surface area contributed by atoms with Crippen LogP contribution in [-0.2, 0) is 18.0 Å². The fourth-order valence-electron chi connectivity index (χ4n) is 2.94. The quantitative estimate of drug-likeness (QED) is 0.755. The standard InChI is InChI=1S/C17H19F3N4OS/c1-23-15(17(18,19)20)21-22-16(23)26-13(12-8-4-2-5-9-12)14(25)24-10-6-3-7-11-24/h2,4-5,8-9,13H,3,6-7,10-11H2,1H3/t13-/m0/s1. The van der Waals surface area contributed by atoms with E-state index in [1.165, 1.54) is 7.05 Å². The summed E-state index contributed by atoms with van der Waals surface area (Å²) in [4.78, 5) is 14.8. The Morgan fingerprint density at radius 2 is 1.77 bits per heavy atom. The number of carbonyl (C=O) groups excluding carboxylic acids is 1. The van der Waals surface area contributed by atoms with E-state index in [-0.39, 0.29) is 11.1 Å². The first kappa shape index (κ1) is 18.8. The van der Waals surface area contributed by atoms with E-state index in [0.29, 0.717) is 13.1 Å². The molecular formula is C17H19F3N4OS. The molecule has 0 aliphatic carbocycles. The van der Waals surface area contributed by atoms with E-state index >= 15 is 0 Å². The minimum Gasteiger partial charge on any atom is -0.341 e. The Labute approximate surface area is 153 Å². The highest BCUT2D eigenvalue weighted by Gasteiger charge is 2.38. The smallest absolute Gasteiger partial charge is 0.341 e. The van der Waals surface area contributed by atoms with Crippen LogP contribution in [0.15, 0.2) is 35.5 Å². The maximum atomic E-state index is 13.0. The zero-order valence-corrected chi connectivity index (χ0v) is 15.1. The molecule has 1 aliphatic rings. The molecule has 1 aromatic heterocycles. The number of amides is 1. The molecule has 0 radical (unpaired) electrons. The number of thioether (sulfide) groups is 1. The van der Waals surface area contributed by atoms with Gasteiger partial charge in [-0.2, -0.15) is 13.2 Å². The average Bonchev–Trinajstić information content (AvgIpc) is 3.01. The fourth-order valence-corrected chi connectivity index (χ4v) is 4.03. The molecule has 0 N–H and O–H groups in total. The van der Waals surface area contributed by atoms with Crippen molar-refractivity contribution in [3.8, 4) is 0 Å². The Kier molecular flexibility index (Phi) is 5.55.